The molecule has 0 unspecified atom stereocenters. The van der Waals surface area contributed by atoms with Crippen LogP contribution in [-0.4, -0.2) is 12.8 Å². The van der Waals surface area contributed by atoms with Crippen LogP contribution in [0.3, 0.4) is 0 Å². The minimum Gasteiger partial charge on any atom is -0.360 e. The zero-order valence-electron chi connectivity index (χ0n) is 14.0. The number of carbonyl (C=O) groups excluding carboxylic acids is 1. The molecule has 130 valence electrons. The van der Waals surface area contributed by atoms with Crippen LogP contribution in [0, 0.1) is 11.6 Å². The summed E-state index contributed by atoms with van der Waals surface area (Å²) in [4.78, 5) is 13.3. The van der Waals surface area contributed by atoms with Crippen LogP contribution in [0.15, 0.2) is 66.7 Å². The normalized spacial score (nSPS) is 13.1. The maximum atomic E-state index is 13.4. The first-order valence-corrected chi connectivity index (χ1v) is 8.51. The van der Waals surface area contributed by atoms with Crippen molar-refractivity contribution in [2.45, 2.75) is 12.5 Å². The first-order valence-electron chi connectivity index (χ1n) is 8.51. The predicted molar refractivity (Wildman–Crippen MR) is 97.5 cm³/mol. The number of anilines is 1. The molecule has 1 aliphatic heterocycles. The lowest BCUT2D eigenvalue weighted by Gasteiger charge is -2.31. The molecule has 3 aromatic rings. The molecule has 0 radical (unpaired) electrons. The molecule has 3 aromatic carbocycles. The second-order valence-electron chi connectivity index (χ2n) is 6.46. The molecule has 26 heavy (non-hydrogen) atoms. The zero-order valence-corrected chi connectivity index (χ0v) is 14.0. The molecule has 0 atom stereocenters. The second-order valence-corrected chi connectivity index (χ2v) is 6.46. The number of benzene rings is 3. The van der Waals surface area contributed by atoms with E-state index in [-0.39, 0.29) is 17.7 Å². The molecule has 0 spiro atoms. The van der Waals surface area contributed by atoms with E-state index in [4.69, 9.17) is 0 Å². The maximum absolute atomic E-state index is 13.4. The van der Waals surface area contributed by atoms with Crippen molar-refractivity contribution < 1.29 is 13.6 Å². The average molecular weight is 349 g/mol. The van der Waals surface area contributed by atoms with Gasteiger partial charge < -0.3 is 4.90 Å². The van der Waals surface area contributed by atoms with Gasteiger partial charge in [0.25, 0.3) is 0 Å². The van der Waals surface area contributed by atoms with Crippen LogP contribution in [0.4, 0.5) is 14.5 Å². The minimum atomic E-state index is -0.288. The van der Waals surface area contributed by atoms with E-state index in [1.54, 1.807) is 30.3 Å². The quantitative estimate of drug-likeness (QED) is 0.623. The van der Waals surface area contributed by atoms with Crippen molar-refractivity contribution in [1.29, 1.82) is 0 Å². The Hall–Kier alpha value is -3.01. The van der Waals surface area contributed by atoms with E-state index in [9.17, 15) is 13.6 Å². The molecule has 0 N–H and O–H groups in total. The number of hydrogen-bond donors (Lipinski definition) is 0. The van der Waals surface area contributed by atoms with E-state index in [1.807, 2.05) is 12.1 Å². The Balaban J connectivity index is 1.81. The van der Waals surface area contributed by atoms with Crippen molar-refractivity contribution in [1.82, 2.24) is 0 Å². The van der Waals surface area contributed by atoms with E-state index in [0.29, 0.717) is 5.56 Å². The fraction of sp³-hybridized carbons (Fsp3) is 0.136. The van der Waals surface area contributed by atoms with E-state index < -0.39 is 0 Å². The Morgan fingerprint density at radius 2 is 1.42 bits per heavy atom. The predicted octanol–water partition coefficient (Wildman–Crippen LogP) is 4.93. The van der Waals surface area contributed by atoms with Gasteiger partial charge in [0.05, 0.1) is 6.04 Å². The third kappa shape index (κ3) is 2.99. The van der Waals surface area contributed by atoms with Gasteiger partial charge in [-0.2, -0.15) is 0 Å². The van der Waals surface area contributed by atoms with Crippen molar-refractivity contribution in [3.8, 4) is 0 Å². The first kappa shape index (κ1) is 16.5. The smallest absolute Gasteiger partial charge is 0.150 e. The van der Waals surface area contributed by atoms with Crippen LogP contribution in [0.1, 0.15) is 33.1 Å². The summed E-state index contributed by atoms with van der Waals surface area (Å²) in [6.07, 6.45) is 1.68. The van der Waals surface area contributed by atoms with Gasteiger partial charge in [-0.05, 0) is 65.6 Å². The Bertz CT molecular complexity index is 890. The monoisotopic (exact) mass is 349 g/mol. The van der Waals surface area contributed by atoms with Gasteiger partial charge in [0.1, 0.15) is 17.9 Å². The highest BCUT2D eigenvalue weighted by atomic mass is 19.1. The number of nitrogens with zero attached hydrogens (tertiary/aromatic N) is 1. The van der Waals surface area contributed by atoms with Gasteiger partial charge in [-0.25, -0.2) is 8.78 Å². The van der Waals surface area contributed by atoms with Crippen LogP contribution < -0.4 is 4.90 Å². The number of aldehydes is 1. The molecule has 0 saturated heterocycles. The fourth-order valence-corrected chi connectivity index (χ4v) is 3.63. The van der Waals surface area contributed by atoms with Gasteiger partial charge in [-0.15, -0.1) is 0 Å². The van der Waals surface area contributed by atoms with Gasteiger partial charge in [0.15, 0.2) is 0 Å². The molecular formula is C22H17F2NO. The summed E-state index contributed by atoms with van der Waals surface area (Å²) in [6, 6.07) is 18.3. The first-order chi connectivity index (χ1) is 12.7. The van der Waals surface area contributed by atoms with Gasteiger partial charge >= 0.3 is 0 Å². The lowest BCUT2D eigenvalue weighted by molar-refractivity contribution is 0.112. The second kappa shape index (κ2) is 6.71. The number of rotatable bonds is 4. The summed E-state index contributed by atoms with van der Waals surface area (Å²) in [5.74, 6) is -0.576. The lowest BCUT2D eigenvalue weighted by Crippen LogP contribution is -2.27. The Morgan fingerprint density at radius 1 is 0.846 bits per heavy atom. The highest BCUT2D eigenvalue weighted by Gasteiger charge is 2.28. The SMILES string of the molecule is O=Cc1ccc2c(c1)CCN2C(c1ccc(F)cc1)c1ccc(F)cc1. The highest BCUT2D eigenvalue weighted by molar-refractivity contribution is 5.78. The summed E-state index contributed by atoms with van der Waals surface area (Å²) in [5, 5.41) is 0. The third-order valence-corrected chi connectivity index (χ3v) is 4.85. The number of halogens is 2. The summed E-state index contributed by atoms with van der Waals surface area (Å²) >= 11 is 0. The molecule has 0 bridgehead atoms. The molecule has 4 heteroatoms. The van der Waals surface area contributed by atoms with Crippen molar-refractivity contribution in [2.75, 3.05) is 11.4 Å². The van der Waals surface area contributed by atoms with Gasteiger partial charge in [0.2, 0.25) is 0 Å². The summed E-state index contributed by atoms with van der Waals surface area (Å²) in [7, 11) is 0. The third-order valence-electron chi connectivity index (χ3n) is 4.85. The molecule has 0 fully saturated rings. The number of carbonyl (C=O) groups is 1. The molecule has 1 aliphatic rings. The van der Waals surface area contributed by atoms with Gasteiger partial charge in [0, 0.05) is 17.8 Å². The van der Waals surface area contributed by atoms with Crippen LogP contribution in [0.25, 0.3) is 0 Å². The largest absolute Gasteiger partial charge is 0.360 e. The number of hydrogen-bond acceptors (Lipinski definition) is 2. The molecule has 2 nitrogen and oxygen atoms in total. The maximum Gasteiger partial charge on any atom is 0.150 e. The lowest BCUT2D eigenvalue weighted by atomic mass is 9.96. The molecule has 0 aliphatic carbocycles. The fourth-order valence-electron chi connectivity index (χ4n) is 3.63. The van der Waals surface area contributed by atoms with Crippen LogP contribution in [-0.2, 0) is 6.42 Å². The Kier molecular flexibility index (Phi) is 4.25. The highest BCUT2D eigenvalue weighted by Crippen LogP contribution is 2.39. The van der Waals surface area contributed by atoms with Crippen molar-refractivity contribution >= 4 is 12.0 Å². The molecule has 4 rings (SSSR count). The molecule has 1 heterocycles. The zero-order chi connectivity index (χ0) is 18.1. The van der Waals surface area contributed by atoms with Crippen LogP contribution >= 0.6 is 0 Å². The van der Waals surface area contributed by atoms with Crippen LogP contribution in [0.5, 0.6) is 0 Å². The van der Waals surface area contributed by atoms with E-state index in [1.165, 1.54) is 24.3 Å². The molecule has 0 saturated carbocycles. The van der Waals surface area contributed by atoms with Crippen molar-refractivity contribution in [2.24, 2.45) is 0 Å². The Labute approximate surface area is 150 Å². The minimum absolute atomic E-state index is 0.153. The van der Waals surface area contributed by atoms with E-state index >= 15 is 0 Å². The number of fused-ring (bicyclic) bond motifs is 1. The molecule has 0 amide bonds. The van der Waals surface area contributed by atoms with E-state index in [2.05, 4.69) is 4.90 Å². The standard InChI is InChI=1S/C22H17F2NO/c23-19-6-2-16(3-7-19)22(17-4-8-20(24)9-5-17)25-12-11-18-13-15(14-26)1-10-21(18)25/h1-10,13-14,22H,11-12H2. The van der Waals surface area contributed by atoms with Gasteiger partial charge in [-0.1, -0.05) is 24.3 Å². The van der Waals surface area contributed by atoms with Gasteiger partial charge in [-0.3, -0.25) is 4.79 Å². The summed E-state index contributed by atoms with van der Waals surface area (Å²) in [5.41, 5.74) is 4.69. The summed E-state index contributed by atoms with van der Waals surface area (Å²) in [6.45, 7) is 0.775. The topological polar surface area (TPSA) is 20.3 Å². The Morgan fingerprint density at radius 3 is 1.96 bits per heavy atom. The summed E-state index contributed by atoms with van der Waals surface area (Å²) < 4.78 is 26.8. The average Bonchev–Trinajstić information content (AvgIpc) is 3.08. The van der Waals surface area contributed by atoms with E-state index in [0.717, 1.165) is 41.6 Å². The molecule has 0 aromatic heterocycles. The molecular weight excluding hydrogens is 332 g/mol. The van der Waals surface area contributed by atoms with Crippen molar-refractivity contribution in [3.05, 3.63) is 101 Å². The van der Waals surface area contributed by atoms with Crippen molar-refractivity contribution in [3.63, 3.8) is 0 Å². The van der Waals surface area contributed by atoms with Crippen LogP contribution in [0.2, 0.25) is 0 Å².